The summed E-state index contributed by atoms with van der Waals surface area (Å²) >= 11 is 0. The minimum Gasteiger partial charge on any atom is -0.496 e. The molecule has 1 heterocycles. The second kappa shape index (κ2) is 7.59. The topological polar surface area (TPSA) is 79.4 Å². The highest BCUT2D eigenvalue weighted by molar-refractivity contribution is 5.92. The Balaban J connectivity index is 1.54. The van der Waals surface area contributed by atoms with Gasteiger partial charge in [-0.2, -0.15) is 5.10 Å². The average Bonchev–Trinajstić information content (AvgIpc) is 3.47. The van der Waals surface area contributed by atoms with Gasteiger partial charge in [0.1, 0.15) is 5.75 Å². The molecule has 2 N–H and O–H groups in total. The maximum atomic E-state index is 12.7. The number of methoxy groups -OCH3 is 1. The normalized spacial score (nSPS) is 14.4. The first-order valence-corrected chi connectivity index (χ1v) is 8.72. The summed E-state index contributed by atoms with van der Waals surface area (Å²) in [6.45, 7) is 1.10. The first-order chi connectivity index (χ1) is 12.6. The Hall–Kier alpha value is -2.83. The third kappa shape index (κ3) is 3.71. The Kier molecular flexibility index (Phi) is 5.25. The van der Waals surface area contributed by atoms with Crippen LogP contribution in [0.15, 0.2) is 36.5 Å². The number of benzene rings is 1. The number of nitrogens with one attached hydrogen (secondary N) is 2. The van der Waals surface area contributed by atoms with E-state index in [0.29, 0.717) is 18.9 Å². The fourth-order valence-electron chi connectivity index (χ4n) is 3.01. The summed E-state index contributed by atoms with van der Waals surface area (Å²) in [5, 5.41) is 14.2. The van der Waals surface area contributed by atoms with E-state index in [1.807, 2.05) is 49.3 Å². The average molecular weight is 355 g/mol. The van der Waals surface area contributed by atoms with Crippen molar-refractivity contribution < 1.29 is 9.53 Å². The Labute approximate surface area is 153 Å². The molecule has 1 fully saturated rings. The van der Waals surface area contributed by atoms with Gasteiger partial charge in [0.25, 0.3) is 0 Å². The van der Waals surface area contributed by atoms with Gasteiger partial charge < -0.3 is 20.3 Å². The summed E-state index contributed by atoms with van der Waals surface area (Å²) in [5.74, 6) is 1.52. The molecule has 1 aromatic heterocycles. The van der Waals surface area contributed by atoms with E-state index in [1.165, 1.54) is 0 Å². The van der Waals surface area contributed by atoms with E-state index in [9.17, 15) is 4.79 Å². The molecule has 0 atom stereocenters. The quantitative estimate of drug-likeness (QED) is 0.703. The Morgan fingerprint density at radius 2 is 2.04 bits per heavy atom. The second-order valence-corrected chi connectivity index (χ2v) is 6.66. The van der Waals surface area contributed by atoms with Crippen LogP contribution in [0.1, 0.15) is 18.4 Å². The molecule has 0 bridgehead atoms. The maximum Gasteiger partial charge on any atom is 0.230 e. The molecule has 1 amide bonds. The van der Waals surface area contributed by atoms with Gasteiger partial charge in [-0.15, -0.1) is 5.10 Å². The zero-order valence-corrected chi connectivity index (χ0v) is 15.5. The number of anilines is 2. The lowest BCUT2D eigenvalue weighted by atomic mass is 9.94. The lowest BCUT2D eigenvalue weighted by Gasteiger charge is -2.18. The van der Waals surface area contributed by atoms with Crippen molar-refractivity contribution in [3.63, 3.8) is 0 Å². The van der Waals surface area contributed by atoms with Crippen molar-refractivity contribution in [2.75, 3.05) is 44.5 Å². The monoisotopic (exact) mass is 355 g/mol. The van der Waals surface area contributed by atoms with Crippen LogP contribution >= 0.6 is 0 Å². The van der Waals surface area contributed by atoms with Crippen molar-refractivity contribution in [3.8, 4) is 5.75 Å². The minimum atomic E-state index is -0.447. The number of carbonyl (C=O) groups excluding carboxylic acids is 1. The van der Waals surface area contributed by atoms with E-state index < -0.39 is 5.41 Å². The molecule has 1 aromatic carbocycles. The lowest BCUT2D eigenvalue weighted by molar-refractivity contribution is -0.123. The van der Waals surface area contributed by atoms with Gasteiger partial charge in [-0.3, -0.25) is 4.79 Å². The summed E-state index contributed by atoms with van der Waals surface area (Å²) in [6, 6.07) is 9.67. The van der Waals surface area contributed by atoms with Gasteiger partial charge >= 0.3 is 0 Å². The summed E-state index contributed by atoms with van der Waals surface area (Å²) in [4.78, 5) is 14.7. The minimum absolute atomic E-state index is 0.0527. The number of amides is 1. The van der Waals surface area contributed by atoms with E-state index in [0.717, 1.165) is 29.8 Å². The fourth-order valence-corrected chi connectivity index (χ4v) is 3.01. The number of carbonyl (C=O) groups is 1. The molecule has 3 rings (SSSR count). The fraction of sp³-hybridized carbons (Fsp3) is 0.421. The van der Waals surface area contributed by atoms with Gasteiger partial charge in [0.05, 0.1) is 24.4 Å². The van der Waals surface area contributed by atoms with Gasteiger partial charge in [0.2, 0.25) is 5.91 Å². The number of ether oxygens (including phenoxy) is 1. The van der Waals surface area contributed by atoms with Gasteiger partial charge in [0, 0.05) is 38.8 Å². The summed E-state index contributed by atoms with van der Waals surface area (Å²) in [6.07, 6.45) is 3.41. The van der Waals surface area contributed by atoms with Crippen LogP contribution in [0.2, 0.25) is 0 Å². The first kappa shape index (κ1) is 18.0. The number of aromatic nitrogens is 2. The van der Waals surface area contributed by atoms with Crippen LogP contribution in [0.4, 0.5) is 11.5 Å². The zero-order chi connectivity index (χ0) is 18.6. The summed E-state index contributed by atoms with van der Waals surface area (Å²) < 4.78 is 5.42. The van der Waals surface area contributed by atoms with Crippen molar-refractivity contribution in [2.45, 2.75) is 18.3 Å². The first-order valence-electron chi connectivity index (χ1n) is 8.72. The van der Waals surface area contributed by atoms with Crippen molar-refractivity contribution in [3.05, 3.63) is 42.1 Å². The van der Waals surface area contributed by atoms with Crippen molar-refractivity contribution in [1.82, 2.24) is 15.5 Å². The standard InChI is InChI=1S/C19H25N5O2/c1-24(2)14-12-17(23-22-13-14)20-10-11-21-18(25)19(8-9-19)15-6-4-5-7-16(15)26-3/h4-7,12-13H,8-11H2,1-3H3,(H,20,23)(H,21,25). The maximum absolute atomic E-state index is 12.7. The molecule has 0 saturated heterocycles. The third-order valence-corrected chi connectivity index (χ3v) is 4.68. The molecule has 0 unspecified atom stereocenters. The predicted octanol–water partition coefficient (Wildman–Crippen LogP) is 1.81. The number of rotatable bonds is 8. The van der Waals surface area contributed by atoms with E-state index >= 15 is 0 Å². The van der Waals surface area contributed by atoms with Crippen molar-refractivity contribution >= 4 is 17.4 Å². The van der Waals surface area contributed by atoms with Crippen LogP contribution in [-0.2, 0) is 10.2 Å². The molecule has 7 nitrogen and oxygen atoms in total. The number of hydrogen-bond acceptors (Lipinski definition) is 6. The van der Waals surface area contributed by atoms with E-state index in [2.05, 4.69) is 20.8 Å². The molecule has 26 heavy (non-hydrogen) atoms. The third-order valence-electron chi connectivity index (χ3n) is 4.68. The van der Waals surface area contributed by atoms with E-state index in [1.54, 1.807) is 13.3 Å². The van der Waals surface area contributed by atoms with Crippen LogP contribution < -0.4 is 20.3 Å². The van der Waals surface area contributed by atoms with Crippen LogP contribution in [0.3, 0.4) is 0 Å². The summed E-state index contributed by atoms with van der Waals surface area (Å²) in [7, 11) is 5.54. The highest BCUT2D eigenvalue weighted by Crippen LogP contribution is 2.51. The van der Waals surface area contributed by atoms with Crippen LogP contribution in [0.25, 0.3) is 0 Å². The largest absolute Gasteiger partial charge is 0.496 e. The molecule has 138 valence electrons. The van der Waals surface area contributed by atoms with E-state index in [4.69, 9.17) is 4.74 Å². The van der Waals surface area contributed by atoms with Crippen molar-refractivity contribution in [2.24, 2.45) is 0 Å². The molecule has 2 aromatic rings. The molecular weight excluding hydrogens is 330 g/mol. The number of nitrogens with zero attached hydrogens (tertiary/aromatic N) is 3. The number of para-hydroxylation sites is 1. The Bertz CT molecular complexity index is 774. The highest BCUT2D eigenvalue weighted by atomic mass is 16.5. The SMILES string of the molecule is COc1ccccc1C1(C(=O)NCCNc2cc(N(C)C)cnn2)CC1. The summed E-state index contributed by atoms with van der Waals surface area (Å²) in [5.41, 5.74) is 1.49. The molecule has 1 saturated carbocycles. The molecular formula is C19H25N5O2. The zero-order valence-electron chi connectivity index (χ0n) is 15.5. The molecule has 0 radical (unpaired) electrons. The van der Waals surface area contributed by atoms with Gasteiger partial charge in [-0.05, 0) is 18.9 Å². The molecule has 0 spiro atoms. The van der Waals surface area contributed by atoms with Crippen molar-refractivity contribution in [1.29, 1.82) is 0 Å². The lowest BCUT2D eigenvalue weighted by Crippen LogP contribution is -2.37. The molecule has 1 aliphatic rings. The van der Waals surface area contributed by atoms with Crippen LogP contribution in [-0.4, -0.2) is 50.4 Å². The van der Waals surface area contributed by atoms with Crippen LogP contribution in [0.5, 0.6) is 5.75 Å². The molecule has 0 aliphatic heterocycles. The Morgan fingerprint density at radius 1 is 1.27 bits per heavy atom. The molecule has 7 heteroatoms. The highest BCUT2D eigenvalue weighted by Gasteiger charge is 2.52. The Morgan fingerprint density at radius 3 is 2.73 bits per heavy atom. The van der Waals surface area contributed by atoms with Gasteiger partial charge in [0.15, 0.2) is 5.82 Å². The number of hydrogen-bond donors (Lipinski definition) is 2. The van der Waals surface area contributed by atoms with Crippen LogP contribution in [0, 0.1) is 0 Å². The molecule has 1 aliphatic carbocycles. The second-order valence-electron chi connectivity index (χ2n) is 6.66. The van der Waals surface area contributed by atoms with E-state index in [-0.39, 0.29) is 5.91 Å². The smallest absolute Gasteiger partial charge is 0.230 e. The predicted molar refractivity (Wildman–Crippen MR) is 102 cm³/mol. The van der Waals surface area contributed by atoms with Gasteiger partial charge in [-0.1, -0.05) is 18.2 Å². The van der Waals surface area contributed by atoms with Gasteiger partial charge in [-0.25, -0.2) is 0 Å².